The first-order valence-electron chi connectivity index (χ1n) is 6.13. The van der Waals surface area contributed by atoms with Gasteiger partial charge in [0.05, 0.1) is 6.20 Å². The Bertz CT molecular complexity index is 534. The van der Waals surface area contributed by atoms with E-state index in [0.717, 1.165) is 12.1 Å². The Balaban J connectivity index is 2.16. The van der Waals surface area contributed by atoms with Crippen LogP contribution >= 0.6 is 0 Å². The SMILES string of the molecule is CCn1cc(CC(N)c2cccc(C)c2F)cn1. The van der Waals surface area contributed by atoms with Crippen LogP contribution in [0.5, 0.6) is 0 Å². The first-order chi connectivity index (χ1) is 8.61. The molecule has 1 unspecified atom stereocenters. The summed E-state index contributed by atoms with van der Waals surface area (Å²) < 4.78 is 15.8. The molecule has 0 amide bonds. The molecule has 0 saturated carbocycles. The van der Waals surface area contributed by atoms with E-state index in [9.17, 15) is 4.39 Å². The van der Waals surface area contributed by atoms with Crippen molar-refractivity contribution >= 4 is 0 Å². The molecule has 0 saturated heterocycles. The lowest BCUT2D eigenvalue weighted by Gasteiger charge is -2.13. The van der Waals surface area contributed by atoms with E-state index in [4.69, 9.17) is 5.73 Å². The quantitative estimate of drug-likeness (QED) is 0.902. The summed E-state index contributed by atoms with van der Waals surface area (Å²) in [5, 5.41) is 4.19. The van der Waals surface area contributed by atoms with E-state index in [1.54, 1.807) is 25.3 Å². The Kier molecular flexibility index (Phi) is 3.77. The number of hydrogen-bond donors (Lipinski definition) is 1. The van der Waals surface area contributed by atoms with Gasteiger partial charge in [-0.3, -0.25) is 4.68 Å². The Labute approximate surface area is 106 Å². The van der Waals surface area contributed by atoms with Crippen LogP contribution in [0.25, 0.3) is 0 Å². The molecule has 0 radical (unpaired) electrons. The molecule has 1 atom stereocenters. The molecule has 1 heterocycles. The number of nitrogens with two attached hydrogens (primary N) is 1. The molecule has 0 aliphatic carbocycles. The van der Waals surface area contributed by atoms with Gasteiger partial charge in [0.2, 0.25) is 0 Å². The minimum atomic E-state index is -0.334. The van der Waals surface area contributed by atoms with Gasteiger partial charge in [0.1, 0.15) is 5.82 Å². The molecule has 0 aliphatic heterocycles. The van der Waals surface area contributed by atoms with Gasteiger partial charge in [0.25, 0.3) is 0 Å². The van der Waals surface area contributed by atoms with Gasteiger partial charge < -0.3 is 5.73 Å². The molecule has 18 heavy (non-hydrogen) atoms. The molecular formula is C14H18FN3. The Hall–Kier alpha value is -1.68. The third-order valence-electron chi connectivity index (χ3n) is 3.09. The van der Waals surface area contributed by atoms with Crippen molar-refractivity contribution in [2.45, 2.75) is 32.9 Å². The minimum absolute atomic E-state index is 0.201. The van der Waals surface area contributed by atoms with Crippen LogP contribution in [0.2, 0.25) is 0 Å². The van der Waals surface area contributed by atoms with Crippen molar-refractivity contribution in [2.24, 2.45) is 5.73 Å². The van der Waals surface area contributed by atoms with E-state index in [0.29, 0.717) is 17.5 Å². The molecule has 2 aromatic rings. The molecule has 0 aliphatic rings. The van der Waals surface area contributed by atoms with Crippen LogP contribution in [0, 0.1) is 12.7 Å². The molecule has 1 aromatic carbocycles. The van der Waals surface area contributed by atoms with Crippen LogP contribution in [0.4, 0.5) is 4.39 Å². The highest BCUT2D eigenvalue weighted by Crippen LogP contribution is 2.21. The van der Waals surface area contributed by atoms with E-state index >= 15 is 0 Å². The van der Waals surface area contributed by atoms with Crippen LogP contribution in [0.3, 0.4) is 0 Å². The van der Waals surface area contributed by atoms with Crippen LogP contribution in [0.15, 0.2) is 30.6 Å². The average molecular weight is 247 g/mol. The summed E-state index contributed by atoms with van der Waals surface area (Å²) >= 11 is 0. The lowest BCUT2D eigenvalue weighted by molar-refractivity contribution is 0.572. The van der Waals surface area contributed by atoms with Crippen LogP contribution in [-0.2, 0) is 13.0 Å². The Morgan fingerprint density at radius 3 is 2.89 bits per heavy atom. The third-order valence-corrected chi connectivity index (χ3v) is 3.09. The molecule has 0 spiro atoms. The Morgan fingerprint density at radius 1 is 1.44 bits per heavy atom. The maximum Gasteiger partial charge on any atom is 0.130 e. The molecule has 4 heteroatoms. The Morgan fingerprint density at radius 2 is 2.22 bits per heavy atom. The maximum atomic E-state index is 13.9. The summed E-state index contributed by atoms with van der Waals surface area (Å²) in [5.41, 5.74) is 8.30. The van der Waals surface area contributed by atoms with Gasteiger partial charge in [-0.25, -0.2) is 4.39 Å². The van der Waals surface area contributed by atoms with E-state index in [-0.39, 0.29) is 11.9 Å². The molecule has 96 valence electrons. The third kappa shape index (κ3) is 2.59. The second kappa shape index (κ2) is 5.31. The minimum Gasteiger partial charge on any atom is -0.324 e. The largest absolute Gasteiger partial charge is 0.324 e. The first-order valence-corrected chi connectivity index (χ1v) is 6.13. The van der Waals surface area contributed by atoms with Crippen molar-refractivity contribution in [2.75, 3.05) is 0 Å². The highest BCUT2D eigenvalue weighted by atomic mass is 19.1. The highest BCUT2D eigenvalue weighted by molar-refractivity contribution is 5.28. The second-order valence-corrected chi connectivity index (χ2v) is 4.49. The first kappa shape index (κ1) is 12.8. The average Bonchev–Trinajstić information content (AvgIpc) is 2.80. The number of aryl methyl sites for hydroxylation is 2. The van der Waals surface area contributed by atoms with E-state index in [1.165, 1.54) is 0 Å². The molecule has 3 nitrogen and oxygen atoms in total. The summed E-state index contributed by atoms with van der Waals surface area (Å²) in [6.07, 6.45) is 4.34. The summed E-state index contributed by atoms with van der Waals surface area (Å²) in [6, 6.07) is 5.00. The zero-order valence-corrected chi connectivity index (χ0v) is 10.7. The van der Waals surface area contributed by atoms with Gasteiger partial charge in [-0.2, -0.15) is 5.10 Å². The molecule has 0 bridgehead atoms. The van der Waals surface area contributed by atoms with Crippen LogP contribution < -0.4 is 5.73 Å². The number of nitrogens with zero attached hydrogens (tertiary/aromatic N) is 2. The fourth-order valence-corrected chi connectivity index (χ4v) is 2.01. The van der Waals surface area contributed by atoms with Crippen molar-refractivity contribution < 1.29 is 4.39 Å². The fraction of sp³-hybridized carbons (Fsp3) is 0.357. The fourth-order valence-electron chi connectivity index (χ4n) is 2.01. The zero-order chi connectivity index (χ0) is 13.1. The lowest BCUT2D eigenvalue weighted by Crippen LogP contribution is -2.15. The smallest absolute Gasteiger partial charge is 0.130 e. The number of benzene rings is 1. The standard InChI is InChI=1S/C14H18FN3/c1-3-18-9-11(8-17-18)7-13(16)12-6-4-5-10(2)14(12)15/h4-6,8-9,13H,3,7,16H2,1-2H3. The number of hydrogen-bond acceptors (Lipinski definition) is 2. The number of rotatable bonds is 4. The monoisotopic (exact) mass is 247 g/mol. The number of halogens is 1. The van der Waals surface area contributed by atoms with Crippen LogP contribution in [-0.4, -0.2) is 9.78 Å². The van der Waals surface area contributed by atoms with E-state index in [1.807, 2.05) is 23.9 Å². The normalized spacial score (nSPS) is 12.7. The van der Waals surface area contributed by atoms with E-state index < -0.39 is 0 Å². The van der Waals surface area contributed by atoms with Gasteiger partial charge in [-0.05, 0) is 31.4 Å². The highest BCUT2D eigenvalue weighted by Gasteiger charge is 2.14. The summed E-state index contributed by atoms with van der Waals surface area (Å²) in [4.78, 5) is 0. The number of aromatic nitrogens is 2. The van der Waals surface area contributed by atoms with Gasteiger partial charge in [-0.15, -0.1) is 0 Å². The van der Waals surface area contributed by atoms with Crippen LogP contribution in [0.1, 0.15) is 29.7 Å². The maximum absolute atomic E-state index is 13.9. The van der Waals surface area contributed by atoms with Crippen molar-refractivity contribution in [1.29, 1.82) is 0 Å². The topological polar surface area (TPSA) is 43.8 Å². The predicted molar refractivity (Wildman–Crippen MR) is 69.7 cm³/mol. The van der Waals surface area contributed by atoms with Gasteiger partial charge in [0.15, 0.2) is 0 Å². The second-order valence-electron chi connectivity index (χ2n) is 4.49. The molecule has 2 rings (SSSR count). The summed E-state index contributed by atoms with van der Waals surface area (Å²) in [6.45, 7) is 4.60. The summed E-state index contributed by atoms with van der Waals surface area (Å²) in [5.74, 6) is -0.201. The van der Waals surface area contributed by atoms with E-state index in [2.05, 4.69) is 5.10 Å². The molecule has 1 aromatic heterocycles. The lowest BCUT2D eigenvalue weighted by atomic mass is 9.99. The van der Waals surface area contributed by atoms with Crippen molar-refractivity contribution in [1.82, 2.24) is 9.78 Å². The van der Waals surface area contributed by atoms with Crippen molar-refractivity contribution in [3.63, 3.8) is 0 Å². The van der Waals surface area contributed by atoms with Crippen molar-refractivity contribution in [3.8, 4) is 0 Å². The van der Waals surface area contributed by atoms with Gasteiger partial charge >= 0.3 is 0 Å². The predicted octanol–water partition coefficient (Wildman–Crippen LogP) is 2.59. The van der Waals surface area contributed by atoms with Gasteiger partial charge in [-0.1, -0.05) is 18.2 Å². The molecule has 0 fully saturated rings. The molecular weight excluding hydrogens is 229 g/mol. The zero-order valence-electron chi connectivity index (χ0n) is 10.7. The van der Waals surface area contributed by atoms with Gasteiger partial charge in [0, 0.05) is 24.3 Å². The van der Waals surface area contributed by atoms with Crippen molar-refractivity contribution in [3.05, 3.63) is 53.1 Å². The molecule has 2 N–H and O–H groups in total. The summed E-state index contributed by atoms with van der Waals surface area (Å²) in [7, 11) is 0.